The number of carbonyl (C=O) groups is 4. The predicted octanol–water partition coefficient (Wildman–Crippen LogP) is 4.38. The highest BCUT2D eigenvalue weighted by molar-refractivity contribution is 5.92. The fourth-order valence-corrected chi connectivity index (χ4v) is 5.57. The van der Waals surface area contributed by atoms with E-state index in [1.807, 2.05) is 54.6 Å². The van der Waals surface area contributed by atoms with Crippen LogP contribution in [0.5, 0.6) is 0 Å². The van der Waals surface area contributed by atoms with Crippen molar-refractivity contribution in [2.75, 3.05) is 6.54 Å². The van der Waals surface area contributed by atoms with Crippen LogP contribution in [0.4, 0.5) is 0 Å². The molecule has 0 bridgehead atoms. The van der Waals surface area contributed by atoms with Crippen molar-refractivity contribution in [3.63, 3.8) is 0 Å². The van der Waals surface area contributed by atoms with Crippen molar-refractivity contribution in [2.45, 2.75) is 115 Å². The van der Waals surface area contributed by atoms with Gasteiger partial charge >= 0.3 is 0 Å². The van der Waals surface area contributed by atoms with Crippen molar-refractivity contribution in [3.8, 4) is 0 Å². The van der Waals surface area contributed by atoms with Crippen molar-refractivity contribution in [3.05, 3.63) is 83.4 Å². The van der Waals surface area contributed by atoms with Gasteiger partial charge in [-0.1, -0.05) is 106 Å². The molecule has 0 aromatic heterocycles. The van der Waals surface area contributed by atoms with Crippen LogP contribution in [0.15, 0.2) is 66.7 Å². The third kappa shape index (κ3) is 14.0. The molecule has 0 unspecified atom stereocenters. The molecule has 0 spiro atoms. The highest BCUT2D eigenvalue weighted by Crippen LogP contribution is 2.12. The summed E-state index contributed by atoms with van der Waals surface area (Å²) in [6, 6.07) is 15.3. The molecule has 4 amide bonds. The first-order chi connectivity index (χ1) is 22.4. The largest absolute Gasteiger partial charge is 0.353 e. The number of amides is 4. The van der Waals surface area contributed by atoms with Gasteiger partial charge in [0.1, 0.15) is 12.1 Å². The van der Waals surface area contributed by atoms with Gasteiger partial charge in [-0.25, -0.2) is 0 Å². The standard InChI is InChI=1S/C37H53N5O4/c1-2-3-4-5-6-7-11-17-35(44)41-33(26-28-14-9-8-10-15-28)37(46)42-32-16-12-13-24-39-34(43)23-22-31(40-36(32)45)25-29-18-20-30(27-38)21-19-29/h8-10,14-15,18-23,31-33H,2-7,11-13,16-17,24-27,38H2,1H3,(H,39,43)(H,40,45)(H,41,44)(H,42,46)/b23-22+/t31-,32+,33+/m1/s1. The van der Waals surface area contributed by atoms with Crippen molar-refractivity contribution >= 4 is 23.6 Å². The summed E-state index contributed by atoms with van der Waals surface area (Å²) in [5, 5.41) is 11.8. The van der Waals surface area contributed by atoms with Gasteiger partial charge in [-0.3, -0.25) is 19.2 Å². The van der Waals surface area contributed by atoms with Gasteiger partial charge in [0.05, 0.1) is 6.04 Å². The molecule has 3 rings (SSSR count). The molecule has 2 aromatic rings. The van der Waals surface area contributed by atoms with Crippen LogP contribution in [0.25, 0.3) is 0 Å². The van der Waals surface area contributed by atoms with Crippen LogP contribution < -0.4 is 27.0 Å². The molecule has 6 N–H and O–H groups in total. The molecule has 1 heterocycles. The van der Waals surface area contributed by atoms with E-state index in [2.05, 4.69) is 28.2 Å². The van der Waals surface area contributed by atoms with Crippen molar-refractivity contribution in [1.29, 1.82) is 0 Å². The maximum absolute atomic E-state index is 13.7. The molecule has 0 saturated carbocycles. The Morgan fingerprint density at radius 3 is 2.30 bits per heavy atom. The minimum Gasteiger partial charge on any atom is -0.353 e. The summed E-state index contributed by atoms with van der Waals surface area (Å²) in [4.78, 5) is 52.7. The van der Waals surface area contributed by atoms with Crippen molar-refractivity contribution < 1.29 is 19.2 Å². The van der Waals surface area contributed by atoms with Crippen LogP contribution in [0.2, 0.25) is 0 Å². The summed E-state index contributed by atoms with van der Waals surface area (Å²) in [7, 11) is 0. The molecule has 9 heteroatoms. The number of nitrogens with one attached hydrogen (secondary N) is 4. The Balaban J connectivity index is 1.69. The van der Waals surface area contributed by atoms with E-state index in [1.165, 1.54) is 31.8 Å². The lowest BCUT2D eigenvalue weighted by molar-refractivity contribution is -0.132. The van der Waals surface area contributed by atoms with Crippen LogP contribution in [0, 0.1) is 0 Å². The maximum Gasteiger partial charge on any atom is 0.243 e. The monoisotopic (exact) mass is 631 g/mol. The molecule has 1 aliphatic heterocycles. The first-order valence-corrected chi connectivity index (χ1v) is 17.1. The number of hydrogen-bond donors (Lipinski definition) is 5. The van der Waals surface area contributed by atoms with Gasteiger partial charge < -0.3 is 27.0 Å². The molecule has 2 aromatic carbocycles. The van der Waals surface area contributed by atoms with Crippen molar-refractivity contribution in [1.82, 2.24) is 21.3 Å². The van der Waals surface area contributed by atoms with E-state index in [4.69, 9.17) is 5.73 Å². The average molecular weight is 632 g/mol. The zero-order valence-electron chi connectivity index (χ0n) is 27.4. The van der Waals surface area contributed by atoms with Gasteiger partial charge in [-0.2, -0.15) is 0 Å². The number of carbonyl (C=O) groups excluding carboxylic acids is 4. The number of rotatable bonds is 16. The van der Waals surface area contributed by atoms with E-state index in [1.54, 1.807) is 6.08 Å². The van der Waals surface area contributed by atoms with Crippen LogP contribution in [-0.4, -0.2) is 48.3 Å². The number of nitrogens with two attached hydrogens (primary N) is 1. The zero-order chi connectivity index (χ0) is 33.0. The van der Waals surface area contributed by atoms with E-state index in [0.29, 0.717) is 51.6 Å². The van der Waals surface area contributed by atoms with Gasteiger partial charge in [0.25, 0.3) is 0 Å². The van der Waals surface area contributed by atoms with Gasteiger partial charge in [-0.05, 0) is 48.8 Å². The smallest absolute Gasteiger partial charge is 0.243 e. The van der Waals surface area contributed by atoms with Crippen LogP contribution >= 0.6 is 0 Å². The van der Waals surface area contributed by atoms with Gasteiger partial charge in [0.2, 0.25) is 23.6 Å². The summed E-state index contributed by atoms with van der Waals surface area (Å²) in [5.41, 5.74) is 8.64. The molecule has 0 saturated heterocycles. The van der Waals surface area contributed by atoms with E-state index in [9.17, 15) is 19.2 Å². The second-order valence-corrected chi connectivity index (χ2v) is 12.2. The Hall–Kier alpha value is -3.98. The fraction of sp³-hybridized carbons (Fsp3) is 0.514. The number of benzene rings is 2. The van der Waals surface area contributed by atoms with Crippen LogP contribution in [-0.2, 0) is 38.6 Å². The Morgan fingerprint density at radius 1 is 0.891 bits per heavy atom. The summed E-state index contributed by atoms with van der Waals surface area (Å²) in [5.74, 6) is -1.08. The van der Waals surface area contributed by atoms with E-state index >= 15 is 0 Å². The second kappa shape index (κ2) is 20.9. The zero-order valence-corrected chi connectivity index (χ0v) is 27.4. The van der Waals surface area contributed by atoms with Crippen LogP contribution in [0.1, 0.15) is 94.2 Å². The normalized spacial score (nSPS) is 18.7. The Bertz CT molecular complexity index is 1250. The predicted molar refractivity (Wildman–Crippen MR) is 183 cm³/mol. The van der Waals surface area contributed by atoms with Gasteiger partial charge in [-0.15, -0.1) is 0 Å². The van der Waals surface area contributed by atoms with Crippen LogP contribution in [0.3, 0.4) is 0 Å². The quantitative estimate of drug-likeness (QED) is 0.175. The molecule has 3 atom stereocenters. The topological polar surface area (TPSA) is 142 Å². The lowest BCUT2D eigenvalue weighted by atomic mass is 10.0. The molecule has 1 aliphatic rings. The summed E-state index contributed by atoms with van der Waals surface area (Å²) < 4.78 is 0. The van der Waals surface area contributed by atoms with Gasteiger partial charge in [0, 0.05) is 32.0 Å². The highest BCUT2D eigenvalue weighted by atomic mass is 16.2. The molecular weight excluding hydrogens is 578 g/mol. The summed E-state index contributed by atoms with van der Waals surface area (Å²) >= 11 is 0. The molecule has 250 valence electrons. The van der Waals surface area contributed by atoms with Gasteiger partial charge in [0.15, 0.2) is 0 Å². The first kappa shape index (κ1) is 36.5. The molecule has 0 radical (unpaired) electrons. The Labute approximate surface area is 274 Å². The van der Waals surface area contributed by atoms with Crippen molar-refractivity contribution in [2.24, 2.45) is 5.73 Å². The molecule has 0 aliphatic carbocycles. The maximum atomic E-state index is 13.7. The third-order valence-electron chi connectivity index (χ3n) is 8.32. The average Bonchev–Trinajstić information content (AvgIpc) is 3.06. The van der Waals surface area contributed by atoms with E-state index in [-0.39, 0.29) is 23.6 Å². The minimum atomic E-state index is -0.815. The Kier molecular flexibility index (Phi) is 16.6. The lowest BCUT2D eigenvalue weighted by Gasteiger charge is -2.25. The highest BCUT2D eigenvalue weighted by Gasteiger charge is 2.28. The third-order valence-corrected chi connectivity index (χ3v) is 8.32. The van der Waals surface area contributed by atoms with E-state index < -0.39 is 18.1 Å². The summed E-state index contributed by atoms with van der Waals surface area (Å²) in [6.07, 6.45) is 13.7. The molecular formula is C37H53N5O4. The van der Waals surface area contributed by atoms with E-state index in [0.717, 1.165) is 36.0 Å². The molecule has 9 nitrogen and oxygen atoms in total. The summed E-state index contributed by atoms with van der Waals surface area (Å²) in [6.45, 7) is 3.11. The minimum absolute atomic E-state index is 0.158. The first-order valence-electron chi connectivity index (χ1n) is 17.1. The SMILES string of the molecule is CCCCCCCCCC(=O)N[C@@H](Cc1ccccc1)C(=O)N[C@H]1CCCCNC(=O)/C=C/[C@H](Cc2ccc(CN)cc2)NC1=O. The fourth-order valence-electron chi connectivity index (χ4n) is 5.57. The number of hydrogen-bond acceptors (Lipinski definition) is 5. The number of unbranched alkanes of at least 4 members (excludes halogenated alkanes) is 6. The molecule has 46 heavy (non-hydrogen) atoms. The lowest BCUT2D eigenvalue weighted by Crippen LogP contribution is -2.55. The molecule has 0 fully saturated rings. The Morgan fingerprint density at radius 2 is 1.59 bits per heavy atom. The second-order valence-electron chi connectivity index (χ2n) is 12.2.